The molecule has 0 spiro atoms. The summed E-state index contributed by atoms with van der Waals surface area (Å²) in [5.74, 6) is 1.54. The van der Waals surface area contributed by atoms with Crippen LogP contribution < -0.4 is 10.6 Å². The van der Waals surface area contributed by atoms with Crippen LogP contribution in [0.2, 0.25) is 0 Å². The van der Waals surface area contributed by atoms with E-state index >= 15 is 0 Å². The molecule has 3 rings (SSSR count). The fourth-order valence-electron chi connectivity index (χ4n) is 2.95. The van der Waals surface area contributed by atoms with Crippen LogP contribution in [0, 0.1) is 5.82 Å². The van der Waals surface area contributed by atoms with Gasteiger partial charge in [-0.1, -0.05) is 28.1 Å². The van der Waals surface area contributed by atoms with Crippen molar-refractivity contribution in [3.8, 4) is 0 Å². The smallest absolute Gasteiger partial charge is 0.190 e. The number of halogens is 3. The van der Waals surface area contributed by atoms with Crippen molar-refractivity contribution in [1.29, 1.82) is 0 Å². The third kappa shape index (κ3) is 6.91. The van der Waals surface area contributed by atoms with Gasteiger partial charge in [0.05, 0.1) is 0 Å². The van der Waals surface area contributed by atoms with E-state index in [-0.39, 0.29) is 29.8 Å². The number of aliphatic imine (C=N–C) groups is 1. The highest BCUT2D eigenvalue weighted by Crippen LogP contribution is 2.16. The van der Waals surface area contributed by atoms with Crippen LogP contribution in [0.15, 0.2) is 52.1 Å². The first kappa shape index (κ1) is 23.5. The lowest BCUT2D eigenvalue weighted by molar-refractivity contribution is 0.601. The second kappa shape index (κ2) is 12.1. The topological polar surface area (TPSA) is 66.6 Å². The van der Waals surface area contributed by atoms with E-state index in [1.807, 2.05) is 40.9 Å². The summed E-state index contributed by atoms with van der Waals surface area (Å²) in [5.41, 5.74) is 1.60. The second-order valence-electron chi connectivity index (χ2n) is 6.41. The van der Waals surface area contributed by atoms with Gasteiger partial charge in [0.15, 0.2) is 11.6 Å². The number of rotatable bonds is 8. The van der Waals surface area contributed by atoms with Crippen LogP contribution >= 0.6 is 39.9 Å². The summed E-state index contributed by atoms with van der Waals surface area (Å²) in [5, 5.41) is 15.0. The van der Waals surface area contributed by atoms with E-state index in [0.29, 0.717) is 6.42 Å². The maximum absolute atomic E-state index is 13.8. The van der Waals surface area contributed by atoms with Gasteiger partial charge in [0.1, 0.15) is 11.6 Å². The maximum Gasteiger partial charge on any atom is 0.190 e. The highest BCUT2D eigenvalue weighted by Gasteiger charge is 2.05. The molecular weight excluding hydrogens is 550 g/mol. The maximum atomic E-state index is 13.8. The largest absolute Gasteiger partial charge is 0.356 e. The Kier molecular flexibility index (Phi) is 9.79. The first-order valence-electron chi connectivity index (χ1n) is 9.34. The Hall–Kier alpha value is -1.75. The zero-order valence-electron chi connectivity index (χ0n) is 16.2. The van der Waals surface area contributed by atoms with Crippen molar-refractivity contribution in [2.45, 2.75) is 25.7 Å². The molecule has 0 unspecified atom stereocenters. The zero-order chi connectivity index (χ0) is 19.8. The van der Waals surface area contributed by atoms with Crippen LogP contribution in [0.25, 0.3) is 5.65 Å². The van der Waals surface area contributed by atoms with Gasteiger partial charge >= 0.3 is 0 Å². The van der Waals surface area contributed by atoms with E-state index < -0.39 is 0 Å². The molecule has 0 saturated heterocycles. The van der Waals surface area contributed by atoms with Gasteiger partial charge in [-0.2, -0.15) is 0 Å². The third-order valence-corrected chi connectivity index (χ3v) is 4.90. The summed E-state index contributed by atoms with van der Waals surface area (Å²) in [4.78, 5) is 4.23. The van der Waals surface area contributed by atoms with Crippen molar-refractivity contribution >= 4 is 51.5 Å². The van der Waals surface area contributed by atoms with E-state index in [9.17, 15) is 4.39 Å². The first-order valence-corrected chi connectivity index (χ1v) is 10.1. The summed E-state index contributed by atoms with van der Waals surface area (Å²) in [6.07, 6.45) is 5.24. The molecule has 9 heteroatoms. The Morgan fingerprint density at radius 3 is 2.59 bits per heavy atom. The average molecular weight is 575 g/mol. The molecule has 2 heterocycles. The lowest BCUT2D eigenvalue weighted by atomic mass is 10.1. The number of fused-ring (bicyclic) bond motifs is 1. The molecule has 1 aromatic carbocycles. The van der Waals surface area contributed by atoms with Gasteiger partial charge in [-0.3, -0.25) is 9.39 Å². The van der Waals surface area contributed by atoms with Gasteiger partial charge in [-0.05, 0) is 49.1 Å². The minimum atomic E-state index is -0.169. The summed E-state index contributed by atoms with van der Waals surface area (Å²) in [7, 11) is 1.75. The molecule has 6 nitrogen and oxygen atoms in total. The molecule has 0 aliphatic heterocycles. The van der Waals surface area contributed by atoms with Crippen LogP contribution in [0.3, 0.4) is 0 Å². The molecule has 3 aromatic rings. The number of guanidine groups is 1. The quantitative estimate of drug-likeness (QED) is 0.185. The molecule has 0 atom stereocenters. The Labute approximate surface area is 195 Å². The number of hydrogen-bond donors (Lipinski definition) is 2. The van der Waals surface area contributed by atoms with Gasteiger partial charge in [0, 0.05) is 37.2 Å². The number of aromatic nitrogens is 3. The number of pyridine rings is 1. The van der Waals surface area contributed by atoms with Crippen LogP contribution in [0.4, 0.5) is 4.39 Å². The Balaban J connectivity index is 0.00000300. The van der Waals surface area contributed by atoms with Gasteiger partial charge < -0.3 is 10.6 Å². The van der Waals surface area contributed by atoms with Crippen LogP contribution in [0.1, 0.15) is 24.2 Å². The molecule has 0 aliphatic carbocycles. The number of nitrogens with one attached hydrogen (secondary N) is 2. The minimum absolute atomic E-state index is 0. The summed E-state index contributed by atoms with van der Waals surface area (Å²) in [6, 6.07) is 11.1. The minimum Gasteiger partial charge on any atom is -0.356 e. The van der Waals surface area contributed by atoms with Crippen molar-refractivity contribution in [1.82, 2.24) is 25.2 Å². The fourth-order valence-corrected chi connectivity index (χ4v) is 3.28. The highest BCUT2D eigenvalue weighted by atomic mass is 127. The summed E-state index contributed by atoms with van der Waals surface area (Å²) < 4.78 is 16.6. The summed E-state index contributed by atoms with van der Waals surface area (Å²) >= 11 is 3.28. The zero-order valence-corrected chi connectivity index (χ0v) is 20.2. The molecule has 156 valence electrons. The Bertz CT molecular complexity index is 946. The lowest BCUT2D eigenvalue weighted by Crippen LogP contribution is -2.38. The molecule has 2 N–H and O–H groups in total. The van der Waals surface area contributed by atoms with Crippen LogP contribution in [-0.2, 0) is 12.8 Å². The molecule has 0 amide bonds. The van der Waals surface area contributed by atoms with E-state index in [2.05, 4.69) is 41.8 Å². The van der Waals surface area contributed by atoms with Crippen molar-refractivity contribution in [2.75, 3.05) is 20.1 Å². The van der Waals surface area contributed by atoms with E-state index in [0.717, 1.165) is 59.8 Å². The SMILES string of the molecule is CN=C(NCCCc1ccc(Br)cc1F)NCCCc1nnc2ccccn12.I. The standard InChI is InChI=1S/C20H24BrFN6.HI/c1-23-20(24-11-4-6-15-9-10-16(21)14-17(15)22)25-12-5-8-19-27-26-18-7-2-3-13-28(18)19;/h2-3,7,9-10,13-14H,4-6,8,11-12H2,1H3,(H2,23,24,25);1H. The fraction of sp³-hybridized carbons (Fsp3) is 0.350. The van der Waals surface area contributed by atoms with Crippen molar-refractivity contribution in [2.24, 2.45) is 4.99 Å². The van der Waals surface area contributed by atoms with Gasteiger partial charge in [-0.25, -0.2) is 4.39 Å². The predicted molar refractivity (Wildman–Crippen MR) is 129 cm³/mol. The van der Waals surface area contributed by atoms with Gasteiger partial charge in [0.2, 0.25) is 0 Å². The monoisotopic (exact) mass is 574 g/mol. The van der Waals surface area contributed by atoms with Crippen molar-refractivity contribution in [3.05, 3.63) is 64.3 Å². The number of aryl methyl sites for hydroxylation is 2. The van der Waals surface area contributed by atoms with Crippen molar-refractivity contribution in [3.63, 3.8) is 0 Å². The molecule has 0 radical (unpaired) electrons. The van der Waals surface area contributed by atoms with Crippen molar-refractivity contribution < 1.29 is 4.39 Å². The molecule has 2 aromatic heterocycles. The molecule has 0 fully saturated rings. The molecule has 29 heavy (non-hydrogen) atoms. The molecule has 0 saturated carbocycles. The average Bonchev–Trinajstić information content (AvgIpc) is 3.11. The summed E-state index contributed by atoms with van der Waals surface area (Å²) in [6.45, 7) is 1.51. The number of nitrogens with zero attached hydrogens (tertiary/aromatic N) is 4. The Morgan fingerprint density at radius 1 is 1.10 bits per heavy atom. The predicted octanol–water partition coefficient (Wildman–Crippen LogP) is 3.98. The first-order chi connectivity index (χ1) is 13.7. The Morgan fingerprint density at radius 2 is 1.86 bits per heavy atom. The van der Waals surface area contributed by atoms with Gasteiger partial charge in [0.25, 0.3) is 0 Å². The molecule has 0 aliphatic rings. The number of hydrogen-bond acceptors (Lipinski definition) is 3. The van der Waals surface area contributed by atoms with Gasteiger partial charge in [-0.15, -0.1) is 34.2 Å². The highest BCUT2D eigenvalue weighted by molar-refractivity contribution is 14.0. The van der Waals surface area contributed by atoms with Crippen LogP contribution in [0.5, 0.6) is 0 Å². The number of benzene rings is 1. The third-order valence-electron chi connectivity index (χ3n) is 4.41. The molecular formula is C20H25BrFIN6. The van der Waals surface area contributed by atoms with E-state index in [1.54, 1.807) is 7.05 Å². The van der Waals surface area contributed by atoms with E-state index in [1.165, 1.54) is 6.07 Å². The normalized spacial score (nSPS) is 11.3. The molecule has 0 bridgehead atoms. The lowest BCUT2D eigenvalue weighted by Gasteiger charge is -2.12. The second-order valence-corrected chi connectivity index (χ2v) is 7.33. The van der Waals surface area contributed by atoms with E-state index in [4.69, 9.17) is 0 Å². The van der Waals surface area contributed by atoms with Crippen LogP contribution in [-0.4, -0.2) is 40.7 Å².